The van der Waals surface area contributed by atoms with Gasteiger partial charge >= 0.3 is 24.2 Å². The minimum absolute atomic E-state index is 0.283. The van der Waals surface area contributed by atoms with E-state index in [4.69, 9.17) is 0 Å². The molecule has 1 heterocycles. The van der Waals surface area contributed by atoms with Crippen LogP contribution in [0.25, 0.3) is 0 Å². The lowest BCUT2D eigenvalue weighted by Crippen LogP contribution is -2.37. The Morgan fingerprint density at radius 2 is 1.62 bits per heavy atom. The third kappa shape index (κ3) is 4.09. The first-order valence-electron chi connectivity index (χ1n) is 4.87. The summed E-state index contributed by atoms with van der Waals surface area (Å²) in [6.45, 7) is 0. The van der Waals surface area contributed by atoms with Crippen LogP contribution >= 0.6 is 0 Å². The summed E-state index contributed by atoms with van der Waals surface area (Å²) in [7, 11) is 0. The molecule has 0 aliphatic rings. The number of halogens is 8. The highest BCUT2D eigenvalue weighted by Gasteiger charge is 2.55. The van der Waals surface area contributed by atoms with Gasteiger partial charge in [0.1, 0.15) is 5.75 Å². The van der Waals surface area contributed by atoms with Crippen LogP contribution in [-0.2, 0) is 11.2 Å². The molecule has 0 N–H and O–H groups in total. The lowest BCUT2D eigenvalue weighted by atomic mass is 10.4. The molecule has 0 amide bonds. The summed E-state index contributed by atoms with van der Waals surface area (Å²) in [5, 5.41) is -5.95. The van der Waals surface area contributed by atoms with Gasteiger partial charge in [-0.15, -0.1) is 8.78 Å². The standard InChI is InChI=1S/C9H5F8NO2S/c10-6(11)8(14,15)20-4-1-2-5(18-3-4)21(19)9(16,17)7(12)13/h1-3,6-7H. The van der Waals surface area contributed by atoms with Crippen molar-refractivity contribution in [3.8, 4) is 5.75 Å². The summed E-state index contributed by atoms with van der Waals surface area (Å²) >= 11 is -3.55. The Morgan fingerprint density at radius 1 is 1.05 bits per heavy atom. The average Bonchev–Trinajstić information content (AvgIpc) is 2.37. The van der Waals surface area contributed by atoms with Crippen LogP contribution in [0.15, 0.2) is 23.4 Å². The summed E-state index contributed by atoms with van der Waals surface area (Å²) in [6.07, 6.45) is -13.0. The Morgan fingerprint density at radius 3 is 2.00 bits per heavy atom. The predicted octanol–water partition coefficient (Wildman–Crippen LogP) is 3.28. The van der Waals surface area contributed by atoms with Crippen LogP contribution in [0.1, 0.15) is 0 Å². The molecule has 0 spiro atoms. The van der Waals surface area contributed by atoms with Gasteiger partial charge in [0, 0.05) is 6.07 Å². The third-order valence-corrected chi connectivity index (χ3v) is 3.20. The van der Waals surface area contributed by atoms with Crippen molar-refractivity contribution in [3.05, 3.63) is 18.3 Å². The first kappa shape index (κ1) is 17.8. The van der Waals surface area contributed by atoms with Gasteiger partial charge in [-0.25, -0.2) is 4.98 Å². The monoisotopic (exact) mass is 343 g/mol. The van der Waals surface area contributed by atoms with E-state index in [9.17, 15) is 39.7 Å². The maximum absolute atomic E-state index is 12.8. The number of hydrogen-bond acceptors (Lipinski definition) is 3. The van der Waals surface area contributed by atoms with Crippen molar-refractivity contribution >= 4 is 11.2 Å². The van der Waals surface area contributed by atoms with Crippen LogP contribution in [-0.4, -0.2) is 33.8 Å². The van der Waals surface area contributed by atoms with E-state index in [0.717, 1.165) is 0 Å². The predicted molar refractivity (Wildman–Crippen MR) is 53.2 cm³/mol. The second-order valence-corrected chi connectivity index (χ2v) is 4.93. The van der Waals surface area contributed by atoms with Gasteiger partial charge in [-0.05, 0) is 6.07 Å². The van der Waals surface area contributed by atoms with Crippen LogP contribution in [0.5, 0.6) is 5.75 Å². The van der Waals surface area contributed by atoms with Gasteiger partial charge in [-0.2, -0.15) is 26.3 Å². The maximum atomic E-state index is 12.8. The highest BCUT2D eigenvalue weighted by atomic mass is 32.2. The van der Waals surface area contributed by atoms with Gasteiger partial charge in [0.25, 0.3) is 5.03 Å². The van der Waals surface area contributed by atoms with Gasteiger partial charge in [0.2, 0.25) is 0 Å². The smallest absolute Gasteiger partial charge is 0.474 e. The average molecular weight is 343 g/mol. The van der Waals surface area contributed by atoms with Crippen molar-refractivity contribution in [3.63, 3.8) is 0 Å². The molecule has 0 fully saturated rings. The number of alkyl halides is 8. The van der Waals surface area contributed by atoms with Crippen molar-refractivity contribution in [2.45, 2.75) is 29.2 Å². The molecule has 0 aliphatic carbocycles. The van der Waals surface area contributed by atoms with Crippen molar-refractivity contribution in [1.82, 2.24) is 4.98 Å². The molecule has 0 saturated heterocycles. The number of rotatable bonds is 6. The number of ether oxygens (including phenoxy) is 1. The SMILES string of the molecule is [O-][S+](c1ccc(OC(F)(F)C(F)F)cn1)C(F)(F)C(F)F. The van der Waals surface area contributed by atoms with Gasteiger partial charge in [-0.1, -0.05) is 0 Å². The molecule has 0 saturated carbocycles. The zero-order valence-electron chi connectivity index (χ0n) is 9.58. The highest BCUT2D eigenvalue weighted by molar-refractivity contribution is 7.92. The minimum Gasteiger partial charge on any atom is -0.605 e. The number of nitrogens with zero attached hydrogens (tertiary/aromatic N) is 1. The van der Waals surface area contributed by atoms with E-state index in [1.165, 1.54) is 0 Å². The maximum Gasteiger partial charge on any atom is 0.474 e. The molecular weight excluding hydrogens is 338 g/mol. The molecule has 120 valence electrons. The van der Waals surface area contributed by atoms with E-state index in [-0.39, 0.29) is 6.20 Å². The molecule has 1 rings (SSSR count). The largest absolute Gasteiger partial charge is 0.605 e. The van der Waals surface area contributed by atoms with E-state index < -0.39 is 46.2 Å². The van der Waals surface area contributed by atoms with Gasteiger partial charge in [0.05, 0.1) is 17.4 Å². The molecule has 1 unspecified atom stereocenters. The van der Waals surface area contributed by atoms with Gasteiger partial charge in [0.15, 0.2) is 0 Å². The fourth-order valence-corrected chi connectivity index (χ4v) is 1.74. The van der Waals surface area contributed by atoms with E-state index in [1.807, 2.05) is 0 Å². The first-order chi connectivity index (χ1) is 9.48. The first-order valence-corrected chi connectivity index (χ1v) is 6.02. The third-order valence-electron chi connectivity index (χ3n) is 1.91. The van der Waals surface area contributed by atoms with Crippen molar-refractivity contribution < 1.29 is 44.4 Å². The molecule has 0 aliphatic heterocycles. The topological polar surface area (TPSA) is 45.2 Å². The number of aromatic nitrogens is 1. The number of hydrogen-bond donors (Lipinski definition) is 0. The summed E-state index contributed by atoms with van der Waals surface area (Å²) in [6, 6.07) is 0.890. The van der Waals surface area contributed by atoms with Crippen LogP contribution in [0.2, 0.25) is 0 Å². The quantitative estimate of drug-likeness (QED) is 0.588. The van der Waals surface area contributed by atoms with Crippen LogP contribution < -0.4 is 4.74 Å². The second-order valence-electron chi connectivity index (χ2n) is 3.43. The van der Waals surface area contributed by atoms with Crippen LogP contribution in [0.3, 0.4) is 0 Å². The molecular formula is C9H5F8NO2S. The fraction of sp³-hybridized carbons (Fsp3) is 0.444. The second kappa shape index (κ2) is 6.22. The molecule has 0 aromatic carbocycles. The summed E-state index contributed by atoms with van der Waals surface area (Å²) < 4.78 is 113. The Bertz CT molecular complexity index is 469. The lowest BCUT2D eigenvalue weighted by molar-refractivity contribution is -0.253. The van der Waals surface area contributed by atoms with E-state index in [2.05, 4.69) is 9.72 Å². The molecule has 1 aromatic heterocycles. The summed E-state index contributed by atoms with van der Waals surface area (Å²) in [5.41, 5.74) is 0. The Balaban J connectivity index is 2.89. The van der Waals surface area contributed by atoms with E-state index in [1.54, 1.807) is 0 Å². The normalized spacial score (nSPS) is 14.6. The number of pyridine rings is 1. The van der Waals surface area contributed by atoms with Gasteiger partial charge < -0.3 is 9.29 Å². The molecule has 12 heteroatoms. The van der Waals surface area contributed by atoms with Crippen molar-refractivity contribution in [1.29, 1.82) is 0 Å². The molecule has 0 radical (unpaired) electrons. The molecule has 1 aromatic rings. The van der Waals surface area contributed by atoms with Gasteiger partial charge in [-0.3, -0.25) is 0 Å². The zero-order chi connectivity index (χ0) is 16.4. The lowest BCUT2D eigenvalue weighted by Gasteiger charge is -2.19. The summed E-state index contributed by atoms with van der Waals surface area (Å²) in [5.74, 6) is -0.943. The summed E-state index contributed by atoms with van der Waals surface area (Å²) in [4.78, 5) is 2.95. The molecule has 21 heavy (non-hydrogen) atoms. The van der Waals surface area contributed by atoms with E-state index in [0.29, 0.717) is 12.1 Å². The highest BCUT2D eigenvalue weighted by Crippen LogP contribution is 2.34. The van der Waals surface area contributed by atoms with Crippen molar-refractivity contribution in [2.75, 3.05) is 0 Å². The Hall–Kier alpha value is -1.30. The zero-order valence-corrected chi connectivity index (χ0v) is 10.4. The molecule has 0 bridgehead atoms. The molecule has 1 atom stereocenters. The minimum atomic E-state index is -4.90. The Kier molecular flexibility index (Phi) is 5.25. The van der Waals surface area contributed by atoms with Crippen LogP contribution in [0.4, 0.5) is 35.1 Å². The molecule has 3 nitrogen and oxygen atoms in total. The van der Waals surface area contributed by atoms with E-state index >= 15 is 0 Å². The van der Waals surface area contributed by atoms with Crippen molar-refractivity contribution in [2.24, 2.45) is 0 Å². The van der Waals surface area contributed by atoms with Crippen LogP contribution in [0, 0.1) is 0 Å². The Labute approximate surface area is 115 Å². The fourth-order valence-electron chi connectivity index (χ4n) is 0.959.